The van der Waals surface area contributed by atoms with E-state index in [1.165, 1.54) is 0 Å². The Labute approximate surface area is 85.8 Å². The van der Waals surface area contributed by atoms with Crippen LogP contribution in [0.25, 0.3) is 0 Å². The summed E-state index contributed by atoms with van der Waals surface area (Å²) < 4.78 is 0. The van der Waals surface area contributed by atoms with Gasteiger partial charge in [0.2, 0.25) is 5.78 Å². The summed E-state index contributed by atoms with van der Waals surface area (Å²) in [5, 5.41) is 0.358. The highest BCUT2D eigenvalue weighted by molar-refractivity contribution is 6.35. The lowest BCUT2D eigenvalue weighted by atomic mass is 10.3. The molecular formula is C9H8ClNO3. The molecule has 0 fully saturated rings. The third-order valence-electron chi connectivity index (χ3n) is 1.41. The van der Waals surface area contributed by atoms with Gasteiger partial charge in [-0.3, -0.25) is 9.59 Å². The molecule has 0 unspecified atom stereocenters. The fraction of sp³-hybridized carbons (Fsp3) is 0.111. The zero-order valence-electron chi connectivity index (χ0n) is 7.41. The molecule has 1 aromatic rings. The quantitative estimate of drug-likeness (QED) is 0.609. The van der Waals surface area contributed by atoms with Crippen LogP contribution in [0.2, 0.25) is 5.02 Å². The minimum atomic E-state index is -0.815. The van der Waals surface area contributed by atoms with E-state index in [-0.39, 0.29) is 0 Å². The lowest BCUT2D eigenvalue weighted by Crippen LogP contribution is -2.32. The van der Waals surface area contributed by atoms with E-state index < -0.39 is 11.7 Å². The monoisotopic (exact) mass is 213 g/mol. The lowest BCUT2D eigenvalue weighted by Gasteiger charge is -2.05. The van der Waals surface area contributed by atoms with Crippen LogP contribution in [0.15, 0.2) is 24.3 Å². The maximum Gasteiger partial charge on any atom is 0.319 e. The van der Waals surface area contributed by atoms with Gasteiger partial charge in [-0.1, -0.05) is 23.7 Å². The Morgan fingerprint density at radius 3 is 2.57 bits per heavy atom. The fourth-order valence-electron chi connectivity index (χ4n) is 0.701. The number of carbonyl (C=O) groups excluding carboxylic acids is 2. The molecule has 0 heterocycles. The predicted octanol–water partition coefficient (Wildman–Crippen LogP) is 1.34. The summed E-state index contributed by atoms with van der Waals surface area (Å²) in [5.41, 5.74) is 1.97. The molecule has 0 saturated carbocycles. The van der Waals surface area contributed by atoms with Gasteiger partial charge in [-0.2, -0.15) is 5.48 Å². The summed E-state index contributed by atoms with van der Waals surface area (Å²) >= 11 is 5.73. The first-order valence-corrected chi connectivity index (χ1v) is 4.21. The summed E-state index contributed by atoms with van der Waals surface area (Å²) in [6.45, 7) is 1.14. The molecule has 0 spiro atoms. The number of hydrogen-bond donors (Lipinski definition) is 1. The van der Waals surface area contributed by atoms with Gasteiger partial charge in [-0.05, 0) is 12.1 Å². The third-order valence-corrected chi connectivity index (χ3v) is 1.72. The van der Waals surface area contributed by atoms with Crippen LogP contribution in [-0.4, -0.2) is 11.7 Å². The van der Waals surface area contributed by atoms with Crippen LogP contribution < -0.4 is 10.3 Å². The number of hydroxylamine groups is 1. The van der Waals surface area contributed by atoms with Crippen molar-refractivity contribution in [2.75, 3.05) is 0 Å². The average Bonchev–Trinajstić information content (AvgIpc) is 2.16. The smallest absolute Gasteiger partial charge is 0.319 e. The topological polar surface area (TPSA) is 55.4 Å². The Morgan fingerprint density at radius 2 is 2.00 bits per heavy atom. The highest BCUT2D eigenvalue weighted by Crippen LogP contribution is 2.21. The van der Waals surface area contributed by atoms with E-state index >= 15 is 0 Å². The molecule has 4 nitrogen and oxygen atoms in total. The van der Waals surface area contributed by atoms with Crippen molar-refractivity contribution >= 4 is 23.3 Å². The lowest BCUT2D eigenvalue weighted by molar-refractivity contribution is -0.140. The summed E-state index contributed by atoms with van der Waals surface area (Å²) in [4.78, 5) is 26.1. The third kappa shape index (κ3) is 2.74. The first-order chi connectivity index (χ1) is 6.61. The zero-order chi connectivity index (χ0) is 10.6. The molecule has 0 aromatic heterocycles. The second kappa shape index (κ2) is 4.62. The number of halogens is 1. The van der Waals surface area contributed by atoms with Gasteiger partial charge in [0.25, 0.3) is 0 Å². The number of Topliss-reactive ketones (excluding diaryl/α,β-unsaturated/α-hetero) is 1. The number of nitrogens with one attached hydrogen (secondary N) is 1. The van der Waals surface area contributed by atoms with Crippen LogP contribution in [0, 0.1) is 0 Å². The molecule has 0 aliphatic carbocycles. The molecular weight excluding hydrogens is 206 g/mol. The van der Waals surface area contributed by atoms with E-state index in [0.717, 1.165) is 6.92 Å². The van der Waals surface area contributed by atoms with Crippen molar-refractivity contribution in [2.45, 2.75) is 6.92 Å². The Balaban J connectivity index is 2.58. The number of benzene rings is 1. The largest absolute Gasteiger partial charge is 0.378 e. The Morgan fingerprint density at radius 1 is 1.36 bits per heavy atom. The minimum absolute atomic E-state index is 0.295. The maximum atomic E-state index is 10.8. The van der Waals surface area contributed by atoms with Crippen LogP contribution in [0.4, 0.5) is 0 Å². The number of para-hydroxylation sites is 1. The van der Waals surface area contributed by atoms with Gasteiger partial charge in [0, 0.05) is 6.92 Å². The molecule has 1 rings (SSSR count). The number of carbonyl (C=O) groups is 2. The van der Waals surface area contributed by atoms with Crippen molar-refractivity contribution in [3.8, 4) is 5.75 Å². The van der Waals surface area contributed by atoms with Gasteiger partial charge in [0.05, 0.1) is 5.02 Å². The SMILES string of the molecule is CC(=O)C(=O)NOc1ccccc1Cl. The molecule has 14 heavy (non-hydrogen) atoms. The van der Waals surface area contributed by atoms with Crippen molar-refractivity contribution in [1.82, 2.24) is 5.48 Å². The van der Waals surface area contributed by atoms with Gasteiger partial charge < -0.3 is 4.84 Å². The number of ketones is 1. The van der Waals surface area contributed by atoms with E-state index in [1.807, 2.05) is 5.48 Å². The first kappa shape index (κ1) is 10.5. The molecule has 1 amide bonds. The maximum absolute atomic E-state index is 10.8. The molecule has 0 aliphatic rings. The molecule has 0 atom stereocenters. The van der Waals surface area contributed by atoms with Gasteiger partial charge in [0.1, 0.15) is 0 Å². The van der Waals surface area contributed by atoms with Gasteiger partial charge in [0.15, 0.2) is 5.75 Å². The molecule has 0 saturated heterocycles. The van der Waals surface area contributed by atoms with E-state index in [0.29, 0.717) is 10.8 Å². The van der Waals surface area contributed by atoms with Crippen molar-refractivity contribution in [3.63, 3.8) is 0 Å². The van der Waals surface area contributed by atoms with Crippen molar-refractivity contribution in [2.24, 2.45) is 0 Å². The summed E-state index contributed by atoms with van der Waals surface area (Å²) in [6.07, 6.45) is 0. The zero-order valence-corrected chi connectivity index (χ0v) is 8.17. The molecule has 1 aromatic carbocycles. The van der Waals surface area contributed by atoms with E-state index in [9.17, 15) is 9.59 Å². The van der Waals surface area contributed by atoms with Gasteiger partial charge in [-0.25, -0.2) is 0 Å². The molecule has 0 bridgehead atoms. The van der Waals surface area contributed by atoms with E-state index in [4.69, 9.17) is 16.4 Å². The van der Waals surface area contributed by atoms with E-state index in [2.05, 4.69) is 0 Å². The minimum Gasteiger partial charge on any atom is -0.378 e. The highest BCUT2D eigenvalue weighted by atomic mass is 35.5. The standard InChI is InChI=1S/C9H8ClNO3/c1-6(12)9(13)11-14-8-5-3-2-4-7(8)10/h2-5H,1H3,(H,11,13). The molecule has 0 radical (unpaired) electrons. The summed E-state index contributed by atoms with van der Waals surface area (Å²) in [7, 11) is 0. The van der Waals surface area contributed by atoms with Crippen molar-refractivity contribution in [1.29, 1.82) is 0 Å². The van der Waals surface area contributed by atoms with Crippen LogP contribution >= 0.6 is 11.6 Å². The fourth-order valence-corrected chi connectivity index (χ4v) is 0.875. The Hall–Kier alpha value is -1.55. The summed E-state index contributed by atoms with van der Waals surface area (Å²) in [5.74, 6) is -1.15. The number of rotatable bonds is 3. The van der Waals surface area contributed by atoms with Crippen molar-refractivity contribution < 1.29 is 14.4 Å². The van der Waals surface area contributed by atoms with Crippen molar-refractivity contribution in [3.05, 3.63) is 29.3 Å². The van der Waals surface area contributed by atoms with Gasteiger partial charge >= 0.3 is 5.91 Å². The molecule has 74 valence electrons. The number of amides is 1. The predicted molar refractivity (Wildman–Crippen MR) is 50.9 cm³/mol. The van der Waals surface area contributed by atoms with Crippen LogP contribution in [0.5, 0.6) is 5.75 Å². The van der Waals surface area contributed by atoms with Crippen LogP contribution in [-0.2, 0) is 9.59 Å². The molecule has 1 N–H and O–H groups in total. The molecule has 5 heteroatoms. The van der Waals surface area contributed by atoms with Gasteiger partial charge in [-0.15, -0.1) is 0 Å². The summed E-state index contributed by atoms with van der Waals surface area (Å²) in [6, 6.07) is 6.60. The number of hydrogen-bond acceptors (Lipinski definition) is 3. The Kier molecular flexibility index (Phi) is 3.48. The normalized spacial score (nSPS) is 9.29. The van der Waals surface area contributed by atoms with Crippen LogP contribution in [0.1, 0.15) is 6.92 Å². The Bertz CT molecular complexity index is 365. The van der Waals surface area contributed by atoms with E-state index in [1.54, 1.807) is 24.3 Å². The second-order valence-electron chi connectivity index (χ2n) is 2.52. The molecule has 0 aliphatic heterocycles. The average molecular weight is 214 g/mol. The second-order valence-corrected chi connectivity index (χ2v) is 2.93. The van der Waals surface area contributed by atoms with Crippen LogP contribution in [0.3, 0.4) is 0 Å². The highest BCUT2D eigenvalue weighted by Gasteiger charge is 2.08. The first-order valence-electron chi connectivity index (χ1n) is 3.83.